The molecular formula is C20H31N3O2. The second-order valence-corrected chi connectivity index (χ2v) is 7.07. The molecule has 138 valence electrons. The van der Waals surface area contributed by atoms with Crippen LogP contribution in [0.2, 0.25) is 0 Å². The molecule has 0 amide bonds. The van der Waals surface area contributed by atoms with Crippen LogP contribution in [0.4, 0.5) is 0 Å². The van der Waals surface area contributed by atoms with Crippen LogP contribution in [0.3, 0.4) is 0 Å². The summed E-state index contributed by atoms with van der Waals surface area (Å²) < 4.78 is 11.8. The highest BCUT2D eigenvalue weighted by Crippen LogP contribution is 2.33. The van der Waals surface area contributed by atoms with Crippen molar-refractivity contribution in [3.63, 3.8) is 0 Å². The summed E-state index contributed by atoms with van der Waals surface area (Å²) in [7, 11) is 1.82. The van der Waals surface area contributed by atoms with Crippen LogP contribution in [0.15, 0.2) is 29.3 Å². The summed E-state index contributed by atoms with van der Waals surface area (Å²) in [6, 6.07) is 8.73. The van der Waals surface area contributed by atoms with Gasteiger partial charge < -0.3 is 20.1 Å². The van der Waals surface area contributed by atoms with E-state index in [9.17, 15) is 0 Å². The largest absolute Gasteiger partial charge is 0.376 e. The normalized spacial score (nSPS) is 27.3. The average molecular weight is 345 g/mol. The van der Waals surface area contributed by atoms with Crippen LogP contribution in [-0.2, 0) is 9.47 Å². The molecule has 0 bridgehead atoms. The summed E-state index contributed by atoms with van der Waals surface area (Å²) in [6.45, 7) is 5.54. The van der Waals surface area contributed by atoms with Gasteiger partial charge in [-0.1, -0.05) is 29.8 Å². The van der Waals surface area contributed by atoms with Crippen molar-refractivity contribution in [1.82, 2.24) is 10.6 Å². The number of aliphatic imine (C=N–C) groups is 1. The van der Waals surface area contributed by atoms with Crippen LogP contribution in [0, 0.1) is 12.8 Å². The predicted octanol–water partition coefficient (Wildman–Crippen LogP) is 2.81. The van der Waals surface area contributed by atoms with Gasteiger partial charge in [0.15, 0.2) is 5.96 Å². The number of benzene rings is 1. The van der Waals surface area contributed by atoms with E-state index in [2.05, 4.69) is 46.8 Å². The van der Waals surface area contributed by atoms with E-state index in [1.807, 2.05) is 7.05 Å². The zero-order valence-corrected chi connectivity index (χ0v) is 15.5. The van der Waals surface area contributed by atoms with Gasteiger partial charge in [-0.25, -0.2) is 0 Å². The minimum atomic E-state index is 0.165. The molecule has 3 unspecified atom stereocenters. The Morgan fingerprint density at radius 2 is 1.76 bits per heavy atom. The van der Waals surface area contributed by atoms with Crippen molar-refractivity contribution in [2.24, 2.45) is 10.9 Å². The van der Waals surface area contributed by atoms with E-state index in [1.54, 1.807) is 0 Å². The van der Waals surface area contributed by atoms with Crippen LogP contribution in [0.1, 0.15) is 42.9 Å². The monoisotopic (exact) mass is 345 g/mol. The van der Waals surface area contributed by atoms with Gasteiger partial charge in [-0.15, -0.1) is 0 Å². The van der Waals surface area contributed by atoms with Crippen molar-refractivity contribution < 1.29 is 9.47 Å². The Labute approximate surface area is 151 Å². The number of hydrogen-bond donors (Lipinski definition) is 2. The highest BCUT2D eigenvalue weighted by atomic mass is 16.5. The molecule has 2 fully saturated rings. The lowest BCUT2D eigenvalue weighted by Gasteiger charge is -2.32. The molecule has 2 saturated heterocycles. The van der Waals surface area contributed by atoms with Crippen molar-refractivity contribution in [2.75, 3.05) is 33.4 Å². The lowest BCUT2D eigenvalue weighted by atomic mass is 9.89. The number of rotatable bonds is 5. The van der Waals surface area contributed by atoms with E-state index in [0.717, 1.165) is 51.5 Å². The lowest BCUT2D eigenvalue weighted by molar-refractivity contribution is -0.0265. The fourth-order valence-electron chi connectivity index (χ4n) is 3.64. The van der Waals surface area contributed by atoms with Crippen LogP contribution < -0.4 is 10.6 Å². The summed E-state index contributed by atoms with van der Waals surface area (Å²) in [5, 5.41) is 6.86. The third-order valence-corrected chi connectivity index (χ3v) is 5.13. The number of nitrogens with zero attached hydrogens (tertiary/aromatic N) is 1. The van der Waals surface area contributed by atoms with Crippen molar-refractivity contribution in [2.45, 2.75) is 44.8 Å². The van der Waals surface area contributed by atoms with Gasteiger partial charge in [0.2, 0.25) is 0 Å². The summed E-state index contributed by atoms with van der Waals surface area (Å²) >= 11 is 0. The van der Waals surface area contributed by atoms with Gasteiger partial charge >= 0.3 is 0 Å². The molecule has 25 heavy (non-hydrogen) atoms. The second-order valence-electron chi connectivity index (χ2n) is 7.07. The molecule has 1 aromatic rings. The molecule has 2 aliphatic heterocycles. The number of guanidine groups is 1. The molecule has 0 saturated carbocycles. The highest BCUT2D eigenvalue weighted by molar-refractivity contribution is 5.79. The molecule has 1 aromatic carbocycles. The Hall–Kier alpha value is -1.59. The maximum Gasteiger partial charge on any atom is 0.191 e. The SMILES string of the molecule is CN=C(NCC1CCCO1)NCC1CCCOC1c1ccc(C)cc1. The molecule has 0 spiro atoms. The van der Waals surface area contributed by atoms with E-state index in [-0.39, 0.29) is 6.10 Å². The third kappa shape index (κ3) is 5.19. The van der Waals surface area contributed by atoms with Crippen molar-refractivity contribution in [3.05, 3.63) is 35.4 Å². The van der Waals surface area contributed by atoms with Gasteiger partial charge in [0.05, 0.1) is 12.2 Å². The van der Waals surface area contributed by atoms with E-state index >= 15 is 0 Å². The minimum Gasteiger partial charge on any atom is -0.376 e. The Morgan fingerprint density at radius 1 is 1.04 bits per heavy atom. The molecule has 2 aliphatic rings. The smallest absolute Gasteiger partial charge is 0.191 e. The van der Waals surface area contributed by atoms with Gasteiger partial charge in [-0.05, 0) is 38.2 Å². The molecule has 3 rings (SSSR count). The van der Waals surface area contributed by atoms with E-state index in [4.69, 9.17) is 9.47 Å². The molecule has 0 radical (unpaired) electrons. The summed E-state index contributed by atoms with van der Waals surface area (Å²) in [5.74, 6) is 1.31. The Kier molecular flexibility index (Phi) is 6.70. The fraction of sp³-hybridized carbons (Fsp3) is 0.650. The first-order chi connectivity index (χ1) is 12.3. The first-order valence-corrected chi connectivity index (χ1v) is 9.50. The third-order valence-electron chi connectivity index (χ3n) is 5.13. The zero-order chi connectivity index (χ0) is 17.5. The van der Waals surface area contributed by atoms with E-state index in [0.29, 0.717) is 12.0 Å². The van der Waals surface area contributed by atoms with Gasteiger partial charge in [0, 0.05) is 39.3 Å². The van der Waals surface area contributed by atoms with Crippen LogP contribution in [-0.4, -0.2) is 45.4 Å². The number of ether oxygens (including phenoxy) is 2. The van der Waals surface area contributed by atoms with Crippen LogP contribution >= 0.6 is 0 Å². The van der Waals surface area contributed by atoms with E-state index in [1.165, 1.54) is 17.5 Å². The second kappa shape index (κ2) is 9.20. The van der Waals surface area contributed by atoms with Crippen molar-refractivity contribution in [1.29, 1.82) is 0 Å². The standard InChI is InChI=1S/C20H31N3O2/c1-15-7-9-16(10-8-15)19-17(5-3-12-25-19)13-22-20(21-2)23-14-18-6-4-11-24-18/h7-10,17-19H,3-6,11-14H2,1-2H3,(H2,21,22,23). The van der Waals surface area contributed by atoms with Gasteiger partial charge in [0.25, 0.3) is 0 Å². The molecule has 0 aliphatic carbocycles. The molecule has 2 N–H and O–H groups in total. The van der Waals surface area contributed by atoms with Gasteiger partial charge in [-0.2, -0.15) is 0 Å². The Balaban J connectivity index is 1.52. The highest BCUT2D eigenvalue weighted by Gasteiger charge is 2.27. The zero-order valence-electron chi connectivity index (χ0n) is 15.5. The molecular weight excluding hydrogens is 314 g/mol. The first-order valence-electron chi connectivity index (χ1n) is 9.50. The maximum atomic E-state index is 6.10. The van der Waals surface area contributed by atoms with Crippen molar-refractivity contribution in [3.8, 4) is 0 Å². The quantitative estimate of drug-likeness (QED) is 0.636. The molecule has 5 nitrogen and oxygen atoms in total. The molecule has 0 aromatic heterocycles. The number of nitrogens with one attached hydrogen (secondary N) is 2. The summed E-state index contributed by atoms with van der Waals surface area (Å²) in [5.41, 5.74) is 2.56. The average Bonchev–Trinajstić information content (AvgIpc) is 3.16. The lowest BCUT2D eigenvalue weighted by Crippen LogP contribution is -2.44. The predicted molar refractivity (Wildman–Crippen MR) is 101 cm³/mol. The fourth-order valence-corrected chi connectivity index (χ4v) is 3.64. The minimum absolute atomic E-state index is 0.165. The number of hydrogen-bond acceptors (Lipinski definition) is 3. The van der Waals surface area contributed by atoms with Crippen LogP contribution in [0.5, 0.6) is 0 Å². The maximum absolute atomic E-state index is 6.10. The van der Waals surface area contributed by atoms with Crippen molar-refractivity contribution >= 4 is 5.96 Å². The van der Waals surface area contributed by atoms with E-state index < -0.39 is 0 Å². The molecule has 5 heteroatoms. The van der Waals surface area contributed by atoms with Gasteiger partial charge in [0.1, 0.15) is 0 Å². The first kappa shape index (κ1) is 18.2. The summed E-state index contributed by atoms with van der Waals surface area (Å²) in [4.78, 5) is 4.34. The molecule has 2 heterocycles. The Bertz CT molecular complexity index is 553. The number of aryl methyl sites for hydroxylation is 1. The summed E-state index contributed by atoms with van der Waals surface area (Å²) in [6.07, 6.45) is 5.08. The van der Waals surface area contributed by atoms with Gasteiger partial charge in [-0.3, -0.25) is 4.99 Å². The topological polar surface area (TPSA) is 54.9 Å². The molecule has 3 atom stereocenters. The van der Waals surface area contributed by atoms with Crippen LogP contribution in [0.25, 0.3) is 0 Å². The Morgan fingerprint density at radius 3 is 2.48 bits per heavy atom.